The van der Waals surface area contributed by atoms with Crippen molar-refractivity contribution < 1.29 is 47.3 Å². The summed E-state index contributed by atoms with van der Waals surface area (Å²) < 4.78 is 38.2. The van der Waals surface area contributed by atoms with Gasteiger partial charge in [0.1, 0.15) is 11.9 Å². The SMILES string of the molecule is CCCCCc1ccc(OC(C)CS(=O)(=O)[O-])cc1CCCCC.[Na+]. The third-order valence-corrected chi connectivity index (χ3v) is 4.93. The van der Waals surface area contributed by atoms with Crippen LogP contribution in [0.4, 0.5) is 0 Å². The minimum Gasteiger partial charge on any atom is -0.748 e. The van der Waals surface area contributed by atoms with Gasteiger partial charge in [-0.05, 0) is 55.9 Å². The molecule has 1 aromatic rings. The van der Waals surface area contributed by atoms with Crippen LogP contribution in [0.5, 0.6) is 5.75 Å². The molecular weight excluding hydrogens is 347 g/mol. The molecule has 0 heterocycles. The summed E-state index contributed by atoms with van der Waals surface area (Å²) in [4.78, 5) is 0. The molecule has 0 saturated heterocycles. The van der Waals surface area contributed by atoms with Crippen LogP contribution < -0.4 is 34.3 Å². The second-order valence-corrected chi connectivity index (χ2v) is 7.95. The first-order valence-electron chi connectivity index (χ1n) is 9.07. The fraction of sp³-hybridized carbons (Fsp3) is 0.684. The van der Waals surface area contributed by atoms with E-state index in [4.69, 9.17) is 4.74 Å². The summed E-state index contributed by atoms with van der Waals surface area (Å²) in [5, 5.41) is 0. The molecule has 1 atom stereocenters. The summed E-state index contributed by atoms with van der Waals surface area (Å²) in [6, 6.07) is 5.99. The maximum absolute atomic E-state index is 10.8. The zero-order chi connectivity index (χ0) is 18.0. The van der Waals surface area contributed by atoms with Crippen molar-refractivity contribution >= 4 is 10.1 Å². The van der Waals surface area contributed by atoms with Crippen LogP contribution >= 0.6 is 0 Å². The Morgan fingerprint density at radius 3 is 2.08 bits per heavy atom. The number of rotatable bonds is 12. The summed E-state index contributed by atoms with van der Waals surface area (Å²) in [6.07, 6.45) is 8.58. The van der Waals surface area contributed by atoms with Crippen LogP contribution in [0.3, 0.4) is 0 Å². The van der Waals surface area contributed by atoms with Gasteiger partial charge in [-0.15, -0.1) is 0 Å². The third-order valence-electron chi connectivity index (χ3n) is 4.05. The van der Waals surface area contributed by atoms with Crippen LogP contribution in [-0.2, 0) is 23.0 Å². The number of benzene rings is 1. The predicted octanol–water partition coefficient (Wildman–Crippen LogP) is 1.47. The zero-order valence-electron chi connectivity index (χ0n) is 16.2. The van der Waals surface area contributed by atoms with E-state index in [0.717, 1.165) is 19.3 Å². The molecule has 0 fully saturated rings. The Morgan fingerprint density at radius 2 is 1.56 bits per heavy atom. The Bertz CT molecular complexity index is 587. The quantitative estimate of drug-likeness (QED) is 0.314. The predicted molar refractivity (Wildman–Crippen MR) is 97.6 cm³/mol. The van der Waals surface area contributed by atoms with E-state index < -0.39 is 22.0 Å². The minimum absolute atomic E-state index is 0. The van der Waals surface area contributed by atoms with Gasteiger partial charge in [-0.1, -0.05) is 45.6 Å². The number of unbranched alkanes of at least 4 members (excludes halogenated alkanes) is 4. The average molecular weight is 379 g/mol. The van der Waals surface area contributed by atoms with Crippen molar-refractivity contribution in [2.75, 3.05) is 5.75 Å². The molecule has 0 spiro atoms. The van der Waals surface area contributed by atoms with Crippen LogP contribution in [0.25, 0.3) is 0 Å². The van der Waals surface area contributed by atoms with E-state index in [2.05, 4.69) is 19.9 Å². The van der Waals surface area contributed by atoms with Crippen molar-refractivity contribution in [3.63, 3.8) is 0 Å². The standard InChI is InChI=1S/C19H32O4S.Na/c1-4-6-8-10-17-12-13-19(14-18(17)11-9-7-5-2)23-16(3)15-24(20,21)22;/h12-14,16H,4-11,15H2,1-3H3,(H,20,21,22);/q;+1/p-1. The molecule has 0 aliphatic heterocycles. The van der Waals surface area contributed by atoms with Gasteiger partial charge < -0.3 is 9.29 Å². The Hall–Kier alpha value is -0.0700. The van der Waals surface area contributed by atoms with Crippen molar-refractivity contribution in [2.24, 2.45) is 0 Å². The largest absolute Gasteiger partial charge is 1.00 e. The fourth-order valence-corrected chi connectivity index (χ4v) is 3.48. The molecule has 0 amide bonds. The van der Waals surface area contributed by atoms with Crippen molar-refractivity contribution in [3.8, 4) is 5.75 Å². The normalized spacial score (nSPS) is 12.5. The van der Waals surface area contributed by atoms with Gasteiger partial charge in [0.05, 0.1) is 15.9 Å². The molecular formula is C19H31NaO4S. The zero-order valence-corrected chi connectivity index (χ0v) is 19.0. The van der Waals surface area contributed by atoms with Gasteiger partial charge >= 0.3 is 29.6 Å². The van der Waals surface area contributed by atoms with Crippen LogP contribution in [0.15, 0.2) is 18.2 Å². The minimum atomic E-state index is -4.27. The van der Waals surface area contributed by atoms with E-state index in [-0.39, 0.29) is 29.6 Å². The first-order chi connectivity index (χ1) is 11.4. The molecule has 1 aromatic carbocycles. The van der Waals surface area contributed by atoms with Gasteiger partial charge in [-0.2, -0.15) is 0 Å². The van der Waals surface area contributed by atoms with Crippen molar-refractivity contribution in [2.45, 2.75) is 78.2 Å². The monoisotopic (exact) mass is 378 g/mol. The first kappa shape index (κ1) is 24.9. The van der Waals surface area contributed by atoms with Gasteiger partial charge in [-0.3, -0.25) is 0 Å². The van der Waals surface area contributed by atoms with Gasteiger partial charge in [0.2, 0.25) is 0 Å². The molecule has 1 rings (SSSR count). The van der Waals surface area contributed by atoms with E-state index in [1.54, 1.807) is 6.92 Å². The summed E-state index contributed by atoms with van der Waals surface area (Å²) in [5.74, 6) is 0.146. The van der Waals surface area contributed by atoms with Gasteiger partial charge in [-0.25, -0.2) is 8.42 Å². The Morgan fingerprint density at radius 1 is 1.00 bits per heavy atom. The summed E-state index contributed by atoms with van der Waals surface area (Å²) in [7, 11) is -4.27. The van der Waals surface area contributed by atoms with Crippen LogP contribution in [0.2, 0.25) is 0 Å². The number of hydrogen-bond donors (Lipinski definition) is 0. The van der Waals surface area contributed by atoms with Crippen LogP contribution in [-0.4, -0.2) is 24.8 Å². The number of aryl methyl sites for hydroxylation is 2. The topological polar surface area (TPSA) is 66.4 Å². The molecule has 25 heavy (non-hydrogen) atoms. The molecule has 0 aliphatic rings. The average Bonchev–Trinajstić information content (AvgIpc) is 2.47. The Kier molecular flexibility index (Phi) is 13.1. The number of hydrogen-bond acceptors (Lipinski definition) is 4. The smallest absolute Gasteiger partial charge is 0.748 e. The summed E-state index contributed by atoms with van der Waals surface area (Å²) >= 11 is 0. The Labute approximate surface area is 175 Å². The number of ether oxygens (including phenoxy) is 1. The van der Waals surface area contributed by atoms with Crippen LogP contribution in [0, 0.1) is 0 Å². The van der Waals surface area contributed by atoms with E-state index in [0.29, 0.717) is 5.75 Å². The fourth-order valence-electron chi connectivity index (χ4n) is 2.84. The molecule has 0 N–H and O–H groups in total. The van der Waals surface area contributed by atoms with Crippen molar-refractivity contribution in [1.29, 1.82) is 0 Å². The van der Waals surface area contributed by atoms with Crippen molar-refractivity contribution in [3.05, 3.63) is 29.3 Å². The van der Waals surface area contributed by atoms with E-state index in [1.165, 1.54) is 43.2 Å². The molecule has 0 bridgehead atoms. The summed E-state index contributed by atoms with van der Waals surface area (Å²) in [6.45, 7) is 6.00. The second-order valence-electron chi connectivity index (χ2n) is 6.50. The first-order valence-corrected chi connectivity index (χ1v) is 10.7. The maximum Gasteiger partial charge on any atom is 1.00 e. The van der Waals surface area contributed by atoms with Gasteiger partial charge in [0.25, 0.3) is 0 Å². The Balaban J connectivity index is 0.00000576. The van der Waals surface area contributed by atoms with E-state index in [9.17, 15) is 13.0 Å². The van der Waals surface area contributed by atoms with Gasteiger partial charge in [0, 0.05) is 0 Å². The molecule has 138 valence electrons. The van der Waals surface area contributed by atoms with Crippen molar-refractivity contribution in [1.82, 2.24) is 0 Å². The molecule has 0 radical (unpaired) electrons. The van der Waals surface area contributed by atoms with Crippen LogP contribution in [0.1, 0.15) is 70.4 Å². The molecule has 6 heteroatoms. The third kappa shape index (κ3) is 11.3. The van der Waals surface area contributed by atoms with Gasteiger partial charge in [0.15, 0.2) is 0 Å². The van der Waals surface area contributed by atoms with E-state index >= 15 is 0 Å². The maximum atomic E-state index is 10.8. The molecule has 4 nitrogen and oxygen atoms in total. The molecule has 0 aliphatic carbocycles. The molecule has 0 saturated carbocycles. The molecule has 0 aromatic heterocycles. The summed E-state index contributed by atoms with van der Waals surface area (Å²) in [5.41, 5.74) is 2.64. The molecule has 1 unspecified atom stereocenters. The van der Waals surface area contributed by atoms with E-state index in [1.807, 2.05) is 12.1 Å². The second kappa shape index (κ2) is 13.2.